The number of carbonyl (C=O) groups excluding carboxylic acids is 2. The monoisotopic (exact) mass is 454 g/mol. The fraction of sp³-hybridized carbons (Fsp3) is 0.360. The fourth-order valence-corrected chi connectivity index (χ4v) is 3.80. The normalized spacial score (nSPS) is 17.5. The Hall–Kier alpha value is -3.52. The SMILES string of the molecule is CCOc1ccc([C@@H]2/C(=C(\O)c3ccc(OC)cc3)C(=O)C(=O)N2CCN(C)C)cc1OC. The van der Waals surface area contributed by atoms with Crippen LogP contribution in [0.4, 0.5) is 0 Å². The molecular formula is C25H30N2O6. The fourth-order valence-electron chi connectivity index (χ4n) is 3.80. The number of ketones is 1. The number of aliphatic hydroxyl groups is 1. The lowest BCUT2D eigenvalue weighted by atomic mass is 9.95. The zero-order chi connectivity index (χ0) is 24.1. The maximum atomic E-state index is 13.1. The molecule has 0 bridgehead atoms. The quantitative estimate of drug-likeness (QED) is 0.354. The zero-order valence-electron chi connectivity index (χ0n) is 19.6. The van der Waals surface area contributed by atoms with Crippen LogP contribution in [0.2, 0.25) is 0 Å². The summed E-state index contributed by atoms with van der Waals surface area (Å²) in [7, 11) is 6.86. The highest BCUT2D eigenvalue weighted by molar-refractivity contribution is 6.46. The van der Waals surface area contributed by atoms with Crippen LogP contribution < -0.4 is 14.2 Å². The molecular weight excluding hydrogens is 424 g/mol. The van der Waals surface area contributed by atoms with E-state index in [-0.39, 0.29) is 11.3 Å². The van der Waals surface area contributed by atoms with Crippen molar-refractivity contribution in [1.29, 1.82) is 0 Å². The van der Waals surface area contributed by atoms with E-state index in [1.807, 2.05) is 25.9 Å². The van der Waals surface area contributed by atoms with Gasteiger partial charge in [-0.25, -0.2) is 0 Å². The second kappa shape index (κ2) is 10.4. The third-order valence-corrected chi connectivity index (χ3v) is 5.49. The van der Waals surface area contributed by atoms with Gasteiger partial charge in [-0.05, 0) is 63.0 Å². The summed E-state index contributed by atoms with van der Waals surface area (Å²) < 4.78 is 16.3. The van der Waals surface area contributed by atoms with Gasteiger partial charge in [0.15, 0.2) is 11.5 Å². The number of aliphatic hydroxyl groups excluding tert-OH is 1. The second-order valence-electron chi connectivity index (χ2n) is 7.87. The van der Waals surface area contributed by atoms with Crippen LogP contribution in [0.5, 0.6) is 17.2 Å². The summed E-state index contributed by atoms with van der Waals surface area (Å²) in [5.74, 6) is 0.0535. The lowest BCUT2D eigenvalue weighted by Crippen LogP contribution is -2.35. The molecule has 33 heavy (non-hydrogen) atoms. The summed E-state index contributed by atoms with van der Waals surface area (Å²) >= 11 is 0. The molecule has 0 saturated carbocycles. The van der Waals surface area contributed by atoms with Crippen molar-refractivity contribution in [2.45, 2.75) is 13.0 Å². The van der Waals surface area contributed by atoms with Gasteiger partial charge < -0.3 is 29.1 Å². The third-order valence-electron chi connectivity index (χ3n) is 5.49. The van der Waals surface area contributed by atoms with Gasteiger partial charge in [-0.2, -0.15) is 0 Å². The average Bonchev–Trinajstić information content (AvgIpc) is 3.07. The number of hydrogen-bond donors (Lipinski definition) is 1. The molecule has 2 aromatic carbocycles. The predicted octanol–water partition coefficient (Wildman–Crippen LogP) is 3.09. The van der Waals surface area contributed by atoms with E-state index < -0.39 is 17.7 Å². The Morgan fingerprint density at radius 1 is 1.03 bits per heavy atom. The predicted molar refractivity (Wildman–Crippen MR) is 125 cm³/mol. The van der Waals surface area contributed by atoms with Crippen molar-refractivity contribution < 1.29 is 28.9 Å². The topological polar surface area (TPSA) is 88.5 Å². The first-order chi connectivity index (χ1) is 15.8. The van der Waals surface area contributed by atoms with Crippen molar-refractivity contribution >= 4 is 17.4 Å². The van der Waals surface area contributed by atoms with Crippen LogP contribution in [0.1, 0.15) is 24.1 Å². The van der Waals surface area contributed by atoms with Crippen LogP contribution >= 0.6 is 0 Å². The maximum absolute atomic E-state index is 13.1. The first-order valence-electron chi connectivity index (χ1n) is 10.7. The molecule has 1 fully saturated rings. The molecule has 8 nitrogen and oxygen atoms in total. The highest BCUT2D eigenvalue weighted by Crippen LogP contribution is 2.42. The summed E-state index contributed by atoms with van der Waals surface area (Å²) in [6, 6.07) is 11.2. The van der Waals surface area contributed by atoms with Gasteiger partial charge in [0.25, 0.3) is 11.7 Å². The van der Waals surface area contributed by atoms with Crippen molar-refractivity contribution in [3.05, 3.63) is 59.2 Å². The smallest absolute Gasteiger partial charge is 0.295 e. The van der Waals surface area contributed by atoms with Gasteiger partial charge >= 0.3 is 0 Å². The van der Waals surface area contributed by atoms with Gasteiger partial charge in [-0.3, -0.25) is 9.59 Å². The molecule has 1 N–H and O–H groups in total. The third kappa shape index (κ3) is 4.96. The van der Waals surface area contributed by atoms with E-state index in [0.717, 1.165) is 0 Å². The summed E-state index contributed by atoms with van der Waals surface area (Å²) in [4.78, 5) is 29.5. The molecule has 8 heteroatoms. The Labute approximate surface area is 194 Å². The van der Waals surface area contributed by atoms with E-state index in [2.05, 4.69) is 0 Å². The van der Waals surface area contributed by atoms with Crippen molar-refractivity contribution in [1.82, 2.24) is 9.80 Å². The number of Topliss-reactive ketones (excluding diaryl/α,β-unsaturated/α-hetero) is 1. The van der Waals surface area contributed by atoms with Gasteiger partial charge in [-0.15, -0.1) is 0 Å². The molecule has 0 spiro atoms. The molecule has 0 aliphatic carbocycles. The van der Waals surface area contributed by atoms with Gasteiger partial charge in [-0.1, -0.05) is 6.07 Å². The Bertz CT molecular complexity index is 1050. The first-order valence-corrected chi connectivity index (χ1v) is 10.7. The summed E-state index contributed by atoms with van der Waals surface area (Å²) in [5, 5.41) is 11.1. The number of rotatable bonds is 9. The second-order valence-corrected chi connectivity index (χ2v) is 7.87. The van der Waals surface area contributed by atoms with Gasteiger partial charge in [0, 0.05) is 18.7 Å². The minimum Gasteiger partial charge on any atom is -0.507 e. The Morgan fingerprint density at radius 2 is 1.73 bits per heavy atom. The highest BCUT2D eigenvalue weighted by Gasteiger charge is 2.46. The van der Waals surface area contributed by atoms with Crippen LogP contribution in [-0.4, -0.2) is 74.6 Å². The number of likely N-dealkylation sites (tertiary alicyclic amines) is 1. The van der Waals surface area contributed by atoms with E-state index in [1.54, 1.807) is 49.6 Å². The number of likely N-dealkylation sites (N-methyl/N-ethyl adjacent to an activating group) is 1. The highest BCUT2D eigenvalue weighted by atomic mass is 16.5. The number of ether oxygens (including phenoxy) is 3. The van der Waals surface area contributed by atoms with E-state index in [9.17, 15) is 14.7 Å². The molecule has 0 aromatic heterocycles. The number of amides is 1. The lowest BCUT2D eigenvalue weighted by Gasteiger charge is -2.27. The lowest BCUT2D eigenvalue weighted by molar-refractivity contribution is -0.140. The molecule has 0 radical (unpaired) electrons. The molecule has 1 saturated heterocycles. The van der Waals surface area contributed by atoms with Crippen LogP contribution in [0.3, 0.4) is 0 Å². The maximum Gasteiger partial charge on any atom is 0.295 e. The molecule has 1 aliphatic heterocycles. The molecule has 2 aromatic rings. The zero-order valence-corrected chi connectivity index (χ0v) is 19.6. The average molecular weight is 455 g/mol. The Morgan fingerprint density at radius 3 is 2.30 bits per heavy atom. The van der Waals surface area contributed by atoms with E-state index in [0.29, 0.717) is 48.1 Å². The standard InChI is InChI=1S/C25H30N2O6/c1-6-33-19-12-9-17(15-20(19)32-5)22-21(23(28)16-7-10-18(31-4)11-8-16)24(29)25(30)27(22)14-13-26(2)3/h7-12,15,22,28H,6,13-14H2,1-5H3/b23-21+/t22-/m1/s1. The van der Waals surface area contributed by atoms with E-state index >= 15 is 0 Å². The van der Waals surface area contributed by atoms with Crippen molar-refractivity contribution in [2.75, 3.05) is 48.0 Å². The van der Waals surface area contributed by atoms with Crippen LogP contribution in [-0.2, 0) is 9.59 Å². The van der Waals surface area contributed by atoms with Crippen LogP contribution in [0, 0.1) is 0 Å². The summed E-state index contributed by atoms with van der Waals surface area (Å²) in [6.45, 7) is 3.21. The molecule has 1 amide bonds. The number of methoxy groups -OCH3 is 2. The first kappa shape index (κ1) is 24.1. The number of hydrogen-bond acceptors (Lipinski definition) is 7. The Kier molecular flexibility index (Phi) is 7.60. The summed E-state index contributed by atoms with van der Waals surface area (Å²) in [5.41, 5.74) is 1.10. The molecule has 1 heterocycles. The molecule has 0 unspecified atom stereocenters. The van der Waals surface area contributed by atoms with Crippen molar-refractivity contribution in [3.63, 3.8) is 0 Å². The molecule has 176 valence electrons. The van der Waals surface area contributed by atoms with E-state index in [1.165, 1.54) is 12.0 Å². The van der Waals surface area contributed by atoms with Crippen molar-refractivity contribution in [3.8, 4) is 17.2 Å². The molecule has 1 aliphatic rings. The van der Waals surface area contributed by atoms with Gasteiger partial charge in [0.1, 0.15) is 11.5 Å². The molecule has 1 atom stereocenters. The minimum atomic E-state index is -0.767. The van der Waals surface area contributed by atoms with E-state index in [4.69, 9.17) is 14.2 Å². The van der Waals surface area contributed by atoms with Gasteiger partial charge in [0.05, 0.1) is 32.4 Å². The summed E-state index contributed by atoms with van der Waals surface area (Å²) in [6.07, 6.45) is 0. The Balaban J connectivity index is 2.15. The number of benzene rings is 2. The van der Waals surface area contributed by atoms with Gasteiger partial charge in [0.2, 0.25) is 0 Å². The van der Waals surface area contributed by atoms with Crippen LogP contribution in [0.25, 0.3) is 5.76 Å². The number of nitrogens with zero attached hydrogens (tertiary/aromatic N) is 2. The van der Waals surface area contributed by atoms with Crippen LogP contribution in [0.15, 0.2) is 48.0 Å². The largest absolute Gasteiger partial charge is 0.507 e. The van der Waals surface area contributed by atoms with Crippen molar-refractivity contribution in [2.24, 2.45) is 0 Å². The molecule has 3 rings (SSSR count). The number of carbonyl (C=O) groups is 2. The minimum absolute atomic E-state index is 0.0372.